The quantitative estimate of drug-likeness (QED) is 0.310. The van der Waals surface area contributed by atoms with Gasteiger partial charge in [-0.15, -0.1) is 11.3 Å². The van der Waals surface area contributed by atoms with E-state index < -0.39 is 15.9 Å². The zero-order chi connectivity index (χ0) is 33.2. The van der Waals surface area contributed by atoms with Crippen LogP contribution in [0.5, 0.6) is 0 Å². The average Bonchev–Trinajstić information content (AvgIpc) is 3.32. The van der Waals surface area contributed by atoms with Crippen molar-refractivity contribution in [2.75, 3.05) is 18.4 Å². The van der Waals surface area contributed by atoms with E-state index in [1.165, 1.54) is 21.0 Å². The lowest BCUT2D eigenvalue weighted by Crippen LogP contribution is -2.35. The fourth-order valence-corrected chi connectivity index (χ4v) is 8.19. The number of rotatable bonds is 6. The first-order valence-corrected chi connectivity index (χ1v) is 17.5. The number of aromatic nitrogens is 1. The largest absolute Gasteiger partial charge is 0.321 e. The van der Waals surface area contributed by atoms with Crippen LogP contribution in [0.3, 0.4) is 0 Å². The van der Waals surface area contributed by atoms with E-state index in [4.69, 9.17) is 0 Å². The van der Waals surface area contributed by atoms with Gasteiger partial charge < -0.3 is 5.32 Å². The van der Waals surface area contributed by atoms with Crippen molar-refractivity contribution in [3.8, 4) is 11.8 Å². The van der Waals surface area contributed by atoms with E-state index in [1.54, 1.807) is 18.2 Å². The number of benzene rings is 3. The highest BCUT2D eigenvalue weighted by Gasteiger charge is 2.26. The Labute approximate surface area is 274 Å². The van der Waals surface area contributed by atoms with Crippen molar-refractivity contribution in [2.45, 2.75) is 64.2 Å². The van der Waals surface area contributed by atoms with Crippen LogP contribution in [0.1, 0.15) is 62.3 Å². The number of anilines is 1. The van der Waals surface area contributed by atoms with Gasteiger partial charge in [-0.25, -0.2) is 8.42 Å². The number of amides is 1. The van der Waals surface area contributed by atoms with Crippen LogP contribution in [-0.2, 0) is 20.2 Å². The Bertz CT molecular complexity index is 2130. The van der Waals surface area contributed by atoms with Crippen LogP contribution in [-0.4, -0.2) is 36.3 Å². The minimum Gasteiger partial charge on any atom is -0.321 e. The lowest BCUT2D eigenvalue weighted by Gasteiger charge is -2.26. The molecule has 1 aliphatic rings. The molecule has 4 aromatic rings. The molecule has 1 aromatic heterocycles. The molecule has 8 nitrogen and oxygen atoms in total. The van der Waals surface area contributed by atoms with Crippen LogP contribution >= 0.6 is 11.3 Å². The number of carbonyl (C=O) groups excluding carboxylic acids is 1. The van der Waals surface area contributed by atoms with Crippen LogP contribution in [0.25, 0.3) is 17.3 Å². The molecule has 0 saturated carbocycles. The molecule has 1 amide bonds. The van der Waals surface area contributed by atoms with Crippen molar-refractivity contribution in [3.63, 3.8) is 0 Å². The van der Waals surface area contributed by atoms with E-state index in [-0.39, 0.29) is 31.8 Å². The summed E-state index contributed by atoms with van der Waals surface area (Å²) in [7, 11) is -3.73. The van der Waals surface area contributed by atoms with Crippen LogP contribution in [0.15, 0.2) is 76.4 Å². The number of thiazole rings is 1. The van der Waals surface area contributed by atoms with Crippen molar-refractivity contribution >= 4 is 44.6 Å². The van der Waals surface area contributed by atoms with Crippen molar-refractivity contribution in [3.05, 3.63) is 109 Å². The van der Waals surface area contributed by atoms with E-state index >= 15 is 0 Å². The Morgan fingerprint density at radius 2 is 1.67 bits per heavy atom. The van der Waals surface area contributed by atoms with Gasteiger partial charge >= 0.3 is 0 Å². The molecule has 3 aromatic carbocycles. The molecule has 0 unspecified atom stereocenters. The molecule has 0 atom stereocenters. The first kappa shape index (κ1) is 33.1. The summed E-state index contributed by atoms with van der Waals surface area (Å²) < 4.78 is 30.0. The molecular formula is C36H38N4O4S2. The van der Waals surface area contributed by atoms with Crippen LogP contribution in [0.2, 0.25) is 0 Å². The minimum atomic E-state index is -3.73. The summed E-state index contributed by atoms with van der Waals surface area (Å²) in [5.41, 5.74) is 3.99. The number of nitrogens with one attached hydrogen (secondary N) is 1. The molecule has 10 heteroatoms. The normalized spacial score (nSPS) is 15.3. The topological polar surface area (TPSA) is 112 Å². The third-order valence-corrected chi connectivity index (χ3v) is 11.1. The molecule has 46 heavy (non-hydrogen) atoms. The third-order valence-electron chi connectivity index (χ3n) is 8.09. The molecule has 0 spiro atoms. The molecule has 238 valence electrons. The second kappa shape index (κ2) is 13.2. The van der Waals surface area contributed by atoms with Crippen molar-refractivity contribution in [1.29, 1.82) is 5.26 Å². The highest BCUT2D eigenvalue weighted by atomic mass is 32.2. The van der Waals surface area contributed by atoms with Crippen molar-refractivity contribution < 1.29 is 13.2 Å². The molecular weight excluding hydrogens is 617 g/mol. The van der Waals surface area contributed by atoms with Crippen LogP contribution < -0.4 is 20.1 Å². The Kier molecular flexibility index (Phi) is 9.49. The number of aryl methyl sites for hydroxylation is 2. The fourth-order valence-electron chi connectivity index (χ4n) is 5.53. The lowest BCUT2D eigenvalue weighted by molar-refractivity contribution is -0.111. The van der Waals surface area contributed by atoms with Gasteiger partial charge in [-0.2, -0.15) is 9.57 Å². The van der Waals surface area contributed by atoms with E-state index in [0.717, 1.165) is 52.9 Å². The molecule has 0 radical (unpaired) electrons. The summed E-state index contributed by atoms with van der Waals surface area (Å²) in [4.78, 5) is 27.7. The Morgan fingerprint density at radius 1 is 0.978 bits per heavy atom. The smallest absolute Gasteiger partial charge is 0.273 e. The standard InChI is InChI=1S/C36H38N4O4S2/c1-24-12-17-31(25(2)20-24)40-34(42)32(21-26-13-15-27(16-14-26)36(3,4)5)45-35(40)30(23-37)33(41)38-28-10-9-11-29(22-28)46(43,44)39-18-7-6-8-19-39/h9-17,20-22H,6-8,18-19H2,1-5H3,(H,38,41). The summed E-state index contributed by atoms with van der Waals surface area (Å²) >= 11 is 1.07. The van der Waals surface area contributed by atoms with Gasteiger partial charge in [0.1, 0.15) is 10.7 Å². The minimum absolute atomic E-state index is 0.0222. The van der Waals surface area contributed by atoms with Crippen LogP contribution in [0, 0.1) is 25.2 Å². The molecule has 0 bridgehead atoms. The highest BCUT2D eigenvalue weighted by molar-refractivity contribution is 7.89. The van der Waals surface area contributed by atoms with Gasteiger partial charge in [-0.05, 0) is 79.1 Å². The maximum Gasteiger partial charge on any atom is 0.273 e. The van der Waals surface area contributed by atoms with Gasteiger partial charge in [0.25, 0.3) is 11.5 Å². The maximum absolute atomic E-state index is 14.0. The molecule has 2 heterocycles. The number of nitrogens with zero attached hydrogens (tertiary/aromatic N) is 3. The Morgan fingerprint density at radius 3 is 2.30 bits per heavy atom. The van der Waals surface area contributed by atoms with E-state index in [1.807, 2.05) is 62.4 Å². The zero-order valence-corrected chi connectivity index (χ0v) is 28.4. The monoisotopic (exact) mass is 654 g/mol. The highest BCUT2D eigenvalue weighted by Crippen LogP contribution is 2.24. The molecule has 1 N–H and O–H groups in total. The van der Waals surface area contributed by atoms with Gasteiger partial charge in [0.05, 0.1) is 15.1 Å². The second-order valence-electron chi connectivity index (χ2n) is 12.7. The molecule has 5 rings (SSSR count). The molecule has 0 aliphatic carbocycles. The summed E-state index contributed by atoms with van der Waals surface area (Å²) in [6.07, 6.45) is 4.38. The Balaban J connectivity index is 1.62. The number of sulfonamides is 1. The second-order valence-corrected chi connectivity index (χ2v) is 15.6. The summed E-state index contributed by atoms with van der Waals surface area (Å²) in [6, 6.07) is 21.7. The maximum atomic E-state index is 14.0. The van der Waals surface area contributed by atoms with Gasteiger partial charge in [0.15, 0.2) is 5.57 Å². The SMILES string of the molecule is Cc1ccc(-n2c(=C(C#N)C(=O)Nc3cccc(S(=O)(=O)N4CCCCC4)c3)sc(=Cc3ccc(C(C)(C)C)cc3)c2=O)c(C)c1. The van der Waals surface area contributed by atoms with Gasteiger partial charge in [0, 0.05) is 18.8 Å². The lowest BCUT2D eigenvalue weighted by atomic mass is 9.87. The number of piperidine rings is 1. The number of hydrogen-bond donors (Lipinski definition) is 1. The first-order chi connectivity index (χ1) is 21.8. The predicted molar refractivity (Wildman–Crippen MR) is 184 cm³/mol. The van der Waals surface area contributed by atoms with Gasteiger partial charge in [-0.3, -0.25) is 14.2 Å². The summed E-state index contributed by atoms with van der Waals surface area (Å²) in [5, 5.41) is 13.0. The van der Waals surface area contributed by atoms with Crippen molar-refractivity contribution in [1.82, 2.24) is 8.87 Å². The fraction of sp³-hybridized carbons (Fsp3) is 0.306. The van der Waals surface area contributed by atoms with Crippen LogP contribution in [0.4, 0.5) is 5.69 Å². The number of carbonyl (C=O) groups is 1. The zero-order valence-electron chi connectivity index (χ0n) is 26.8. The third kappa shape index (κ3) is 6.92. The van der Waals surface area contributed by atoms with E-state index in [2.05, 4.69) is 26.1 Å². The molecule has 1 aliphatic heterocycles. The Hall–Kier alpha value is -4.30. The number of hydrogen-bond acceptors (Lipinski definition) is 6. The number of nitriles is 1. The van der Waals surface area contributed by atoms with E-state index in [9.17, 15) is 23.3 Å². The van der Waals surface area contributed by atoms with Crippen molar-refractivity contribution in [2.24, 2.45) is 0 Å². The van der Waals surface area contributed by atoms with E-state index in [0.29, 0.717) is 23.3 Å². The average molecular weight is 655 g/mol. The summed E-state index contributed by atoms with van der Waals surface area (Å²) in [6.45, 7) is 11.1. The van der Waals surface area contributed by atoms with Gasteiger partial charge in [0.2, 0.25) is 10.0 Å². The van der Waals surface area contributed by atoms with Gasteiger partial charge in [-0.1, -0.05) is 75.2 Å². The predicted octanol–water partition coefficient (Wildman–Crippen LogP) is 5.13. The molecule has 1 fully saturated rings. The molecule has 1 saturated heterocycles. The first-order valence-electron chi connectivity index (χ1n) is 15.3. The summed E-state index contributed by atoms with van der Waals surface area (Å²) in [5.74, 6) is -0.740.